The lowest BCUT2D eigenvalue weighted by Crippen LogP contribution is -2.44. The number of fused-ring (bicyclic) bond motifs is 1. The highest BCUT2D eigenvalue weighted by Crippen LogP contribution is 2.36. The zero-order valence-corrected chi connectivity index (χ0v) is 34.7. The minimum absolute atomic E-state index is 0.0317. The fraction of sp³-hybridized carbons (Fsp3) is 0.523. The summed E-state index contributed by atoms with van der Waals surface area (Å²) < 4.78 is 45.0. The Labute approximate surface area is 356 Å². The van der Waals surface area contributed by atoms with E-state index in [0.717, 1.165) is 75.8 Å². The number of aryl methyl sites for hydroxylation is 2. The Bertz CT molecular complexity index is 2500. The molecular weight excluding hydrogens is 803 g/mol. The van der Waals surface area contributed by atoms with Crippen molar-refractivity contribution in [2.45, 2.75) is 95.2 Å². The van der Waals surface area contributed by atoms with Crippen molar-refractivity contribution in [1.82, 2.24) is 39.1 Å². The summed E-state index contributed by atoms with van der Waals surface area (Å²) in [4.78, 5) is 61.9. The number of carbonyl (C=O) groups excluding carboxylic acids is 3. The van der Waals surface area contributed by atoms with Crippen LogP contribution in [0.4, 0.5) is 20.3 Å². The van der Waals surface area contributed by atoms with Crippen LogP contribution in [0.2, 0.25) is 0 Å². The number of nitrogens with one attached hydrogen (secondary N) is 3. The van der Waals surface area contributed by atoms with E-state index < -0.39 is 30.0 Å². The third-order valence-electron chi connectivity index (χ3n) is 12.8. The van der Waals surface area contributed by atoms with Crippen molar-refractivity contribution in [2.24, 2.45) is 18.9 Å². The quantitative estimate of drug-likeness (QED) is 0.0778. The van der Waals surface area contributed by atoms with Gasteiger partial charge in [-0.1, -0.05) is 12.1 Å². The molecule has 0 bridgehead atoms. The second-order valence-electron chi connectivity index (χ2n) is 17.2. The van der Waals surface area contributed by atoms with E-state index in [-0.39, 0.29) is 47.4 Å². The van der Waals surface area contributed by atoms with Gasteiger partial charge >= 0.3 is 5.69 Å². The lowest BCUT2D eigenvalue weighted by Gasteiger charge is -2.31. The summed E-state index contributed by atoms with van der Waals surface area (Å²) in [5.41, 5.74) is 2.31. The predicted molar refractivity (Wildman–Crippen MR) is 225 cm³/mol. The number of benzene rings is 1. The number of imidazole rings is 1. The van der Waals surface area contributed by atoms with E-state index in [4.69, 9.17) is 9.15 Å². The third-order valence-corrected chi connectivity index (χ3v) is 12.8. The molecule has 328 valence electrons. The number of pyridine rings is 1. The summed E-state index contributed by atoms with van der Waals surface area (Å²) >= 11 is 0. The number of hydrogen-bond acceptors (Lipinski definition) is 11. The molecule has 2 saturated heterocycles. The lowest BCUT2D eigenvalue weighted by atomic mass is 9.86. The molecule has 2 aliphatic carbocycles. The number of para-hydroxylation sites is 1. The third kappa shape index (κ3) is 9.07. The summed E-state index contributed by atoms with van der Waals surface area (Å²) in [6.07, 6.45) is 10.4. The van der Waals surface area contributed by atoms with Gasteiger partial charge in [0.2, 0.25) is 17.7 Å². The first-order chi connectivity index (χ1) is 30.1. The van der Waals surface area contributed by atoms with E-state index in [1.54, 1.807) is 34.6 Å². The SMILES string of the molecule is Cn1c(=O)n(C2CCC(=O)NC2=O)c2cccc(CCCO[C@H]3CCN(CC4CCC(n5cc(NC(=O)c6coc(-c7ccnc(NCC8CC8)c7)n6)c(C(F)F)n5)CC4)C3)c21. The number of aromatic nitrogens is 6. The van der Waals surface area contributed by atoms with Crippen LogP contribution in [0.1, 0.15) is 104 Å². The number of halogens is 2. The molecule has 0 radical (unpaired) electrons. The standard InChI is InChI=1S/C44H52F2N10O6/c1-53-39-28(4-2-6-34(39)56(44(53)60)35-13-14-37(57)51-42(35)59)5-3-19-61-31-16-18-54(23-31)22-27-9-11-30(12-10-27)55-24-32(38(52-55)40(45)46)49-41(58)33-25-62-43(50-33)29-15-17-47-36(20-29)48-21-26-7-8-26/h2,4,6,15,17,20,24-27,30-31,35,40H,3,5,7-14,16,18-19,21-23H2,1H3,(H,47,48)(H,49,58)(H,51,57,59)/t27?,30?,31-,35?/m0/s1. The molecular formula is C44H52F2N10O6. The molecule has 62 heavy (non-hydrogen) atoms. The number of ether oxygens (including phenoxy) is 1. The number of piperidine rings is 1. The first-order valence-corrected chi connectivity index (χ1v) is 21.8. The van der Waals surface area contributed by atoms with Crippen molar-refractivity contribution >= 4 is 40.3 Å². The van der Waals surface area contributed by atoms with Gasteiger partial charge in [-0.2, -0.15) is 5.10 Å². The fourth-order valence-electron chi connectivity index (χ4n) is 9.30. The molecule has 4 aromatic heterocycles. The van der Waals surface area contributed by atoms with Crippen LogP contribution < -0.4 is 21.6 Å². The van der Waals surface area contributed by atoms with Crippen molar-refractivity contribution in [1.29, 1.82) is 0 Å². The number of rotatable bonds is 16. The summed E-state index contributed by atoms with van der Waals surface area (Å²) in [6.45, 7) is 4.19. The van der Waals surface area contributed by atoms with Crippen molar-refractivity contribution in [3.63, 3.8) is 0 Å². The van der Waals surface area contributed by atoms with E-state index in [1.165, 1.54) is 29.9 Å². The van der Waals surface area contributed by atoms with Crippen molar-refractivity contribution in [2.75, 3.05) is 43.4 Å². The van der Waals surface area contributed by atoms with Gasteiger partial charge in [-0.05, 0) is 99.8 Å². The highest BCUT2D eigenvalue weighted by Gasteiger charge is 2.33. The maximum absolute atomic E-state index is 14.2. The molecule has 0 spiro atoms. The Balaban J connectivity index is 0.728. The Morgan fingerprint density at radius 3 is 2.66 bits per heavy atom. The second kappa shape index (κ2) is 17.9. The van der Waals surface area contributed by atoms with Crippen LogP contribution in [-0.2, 0) is 27.8 Å². The largest absolute Gasteiger partial charge is 0.444 e. The van der Waals surface area contributed by atoms with Gasteiger partial charge in [0.25, 0.3) is 12.3 Å². The van der Waals surface area contributed by atoms with Crippen LogP contribution in [0.3, 0.4) is 0 Å². The van der Waals surface area contributed by atoms with Gasteiger partial charge in [0.1, 0.15) is 18.1 Å². The molecule has 2 saturated carbocycles. The zero-order valence-electron chi connectivity index (χ0n) is 34.7. The van der Waals surface area contributed by atoms with E-state index in [1.807, 2.05) is 18.2 Å². The van der Waals surface area contributed by atoms with Gasteiger partial charge in [0, 0.05) is 64.2 Å². The van der Waals surface area contributed by atoms with Gasteiger partial charge in [-0.25, -0.2) is 23.5 Å². The highest BCUT2D eigenvalue weighted by atomic mass is 19.3. The molecule has 3 N–H and O–H groups in total. The molecule has 2 aliphatic heterocycles. The highest BCUT2D eigenvalue weighted by molar-refractivity contribution is 6.03. The molecule has 18 heteroatoms. The summed E-state index contributed by atoms with van der Waals surface area (Å²) in [5.74, 6) is 0.629. The minimum atomic E-state index is -2.87. The lowest BCUT2D eigenvalue weighted by molar-refractivity contribution is -0.135. The Hall–Kier alpha value is -5.75. The topological polar surface area (TPSA) is 183 Å². The molecule has 1 aromatic carbocycles. The number of amides is 3. The molecule has 4 aliphatic rings. The van der Waals surface area contributed by atoms with E-state index >= 15 is 0 Å². The van der Waals surface area contributed by atoms with E-state index in [0.29, 0.717) is 48.2 Å². The molecule has 2 atom stereocenters. The van der Waals surface area contributed by atoms with Gasteiger partial charge in [0.05, 0.1) is 28.9 Å². The number of alkyl halides is 2. The van der Waals surface area contributed by atoms with Crippen LogP contribution in [-0.4, -0.2) is 90.4 Å². The number of hydrogen-bond donors (Lipinski definition) is 3. The average molecular weight is 855 g/mol. The number of imide groups is 1. The van der Waals surface area contributed by atoms with Crippen molar-refractivity contribution in [3.8, 4) is 11.5 Å². The first kappa shape index (κ1) is 41.6. The van der Waals surface area contributed by atoms with Crippen LogP contribution >= 0.6 is 0 Å². The van der Waals surface area contributed by atoms with Crippen LogP contribution in [0.15, 0.2) is 58.2 Å². The molecule has 6 heterocycles. The molecule has 5 aromatic rings. The molecule has 4 fully saturated rings. The second-order valence-corrected chi connectivity index (χ2v) is 17.2. The Kier molecular flexibility index (Phi) is 12.0. The Morgan fingerprint density at radius 1 is 1.05 bits per heavy atom. The number of anilines is 2. The van der Waals surface area contributed by atoms with Gasteiger partial charge in [-0.3, -0.25) is 33.5 Å². The number of oxazole rings is 1. The maximum atomic E-state index is 14.2. The number of carbonyl (C=O) groups is 3. The molecule has 1 unspecified atom stereocenters. The smallest absolute Gasteiger partial charge is 0.329 e. The minimum Gasteiger partial charge on any atom is -0.444 e. The van der Waals surface area contributed by atoms with Gasteiger partial charge in [-0.15, -0.1) is 0 Å². The van der Waals surface area contributed by atoms with E-state index in [2.05, 4.69) is 35.9 Å². The average Bonchev–Trinajstić information content (AvgIpc) is 3.55. The number of nitrogens with zero attached hydrogens (tertiary/aromatic N) is 7. The Morgan fingerprint density at radius 2 is 1.87 bits per heavy atom. The van der Waals surface area contributed by atoms with Crippen LogP contribution in [0.5, 0.6) is 0 Å². The molecule has 3 amide bonds. The summed E-state index contributed by atoms with van der Waals surface area (Å²) in [6, 6.07) is 8.52. The predicted octanol–water partition coefficient (Wildman–Crippen LogP) is 6.03. The van der Waals surface area contributed by atoms with Crippen molar-refractivity contribution in [3.05, 3.63) is 76.4 Å². The normalized spacial score (nSPS) is 22.1. The van der Waals surface area contributed by atoms with Crippen molar-refractivity contribution < 1.29 is 32.3 Å². The van der Waals surface area contributed by atoms with E-state index in [9.17, 15) is 28.0 Å². The van der Waals surface area contributed by atoms with Crippen LogP contribution in [0.25, 0.3) is 22.5 Å². The zero-order chi connectivity index (χ0) is 42.9. The number of likely N-dealkylation sites (tertiary alicyclic amines) is 1. The fourth-order valence-corrected chi connectivity index (χ4v) is 9.30. The molecule has 16 nitrogen and oxygen atoms in total. The van der Waals surface area contributed by atoms with Crippen LogP contribution in [0, 0.1) is 11.8 Å². The first-order valence-electron chi connectivity index (χ1n) is 21.8. The summed E-state index contributed by atoms with van der Waals surface area (Å²) in [7, 11) is 1.72. The van der Waals surface area contributed by atoms with Gasteiger partial charge in [0.15, 0.2) is 11.4 Å². The maximum Gasteiger partial charge on any atom is 0.329 e. The monoisotopic (exact) mass is 854 g/mol. The molecule has 9 rings (SSSR count). The summed E-state index contributed by atoms with van der Waals surface area (Å²) in [5, 5.41) is 12.5. The van der Waals surface area contributed by atoms with Gasteiger partial charge < -0.3 is 24.7 Å².